The van der Waals surface area contributed by atoms with Gasteiger partial charge in [0.15, 0.2) is 5.82 Å². The maximum Gasteiger partial charge on any atom is 0.274 e. The van der Waals surface area contributed by atoms with E-state index in [9.17, 15) is 27.1 Å². The minimum absolute atomic E-state index is 0.0736. The first-order chi connectivity index (χ1) is 9.69. The fraction of sp³-hybridized carbons (Fsp3) is 0.400. The average molecular weight is 339 g/mol. The summed E-state index contributed by atoms with van der Waals surface area (Å²) >= 11 is 0. The zero-order valence-corrected chi connectivity index (χ0v) is 12.7. The van der Waals surface area contributed by atoms with E-state index in [0.717, 1.165) is 6.07 Å². The number of anilines is 1. The molecule has 11 heteroatoms. The van der Waals surface area contributed by atoms with Crippen molar-refractivity contribution < 1.29 is 21.9 Å². The molecule has 0 aromatic heterocycles. The summed E-state index contributed by atoms with van der Waals surface area (Å²) in [6.07, 6.45) is 0. The van der Waals surface area contributed by atoms with Crippen molar-refractivity contribution in [1.29, 1.82) is 0 Å². The van der Waals surface area contributed by atoms with Crippen LogP contribution in [0.4, 0.5) is 15.8 Å². The summed E-state index contributed by atoms with van der Waals surface area (Å²) in [5.41, 5.74) is 4.17. The smallest absolute Gasteiger partial charge is 0.274 e. The number of hydrogen-bond acceptors (Lipinski definition) is 6. The number of nitrogen functional groups attached to an aromatic ring is 1. The van der Waals surface area contributed by atoms with Crippen LogP contribution >= 0.6 is 0 Å². The Morgan fingerprint density at radius 1 is 1.48 bits per heavy atom. The molecule has 1 atom stereocenters. The van der Waals surface area contributed by atoms with Crippen LogP contribution < -0.4 is 10.5 Å². The van der Waals surface area contributed by atoms with Gasteiger partial charge in [-0.25, -0.2) is 17.5 Å². The summed E-state index contributed by atoms with van der Waals surface area (Å²) in [4.78, 5) is 8.80. The summed E-state index contributed by atoms with van der Waals surface area (Å²) in [7, 11) is -5.45. The van der Waals surface area contributed by atoms with Crippen molar-refractivity contribution >= 4 is 32.2 Å². The van der Waals surface area contributed by atoms with Crippen molar-refractivity contribution in [2.75, 3.05) is 23.8 Å². The first-order valence-corrected chi connectivity index (χ1v) is 8.74. The fourth-order valence-corrected chi connectivity index (χ4v) is 3.44. The lowest BCUT2D eigenvalue weighted by Gasteiger charge is -2.09. The normalized spacial score (nSPS) is 13.0. The molecule has 1 aromatic carbocycles. The highest BCUT2D eigenvalue weighted by Crippen LogP contribution is 2.27. The van der Waals surface area contributed by atoms with E-state index in [1.54, 1.807) is 6.92 Å². The quantitative estimate of drug-likeness (QED) is 0.419. The van der Waals surface area contributed by atoms with Crippen LogP contribution in [0.15, 0.2) is 17.0 Å². The van der Waals surface area contributed by atoms with Gasteiger partial charge in [0.2, 0.25) is 10.0 Å². The topological polar surface area (TPSA) is 132 Å². The molecule has 0 heterocycles. The van der Waals surface area contributed by atoms with Gasteiger partial charge in [0, 0.05) is 34.9 Å². The molecule has 0 aliphatic heterocycles. The maximum atomic E-state index is 13.8. The summed E-state index contributed by atoms with van der Waals surface area (Å²) < 4.78 is 50.9. The van der Waals surface area contributed by atoms with Crippen molar-refractivity contribution in [3.8, 4) is 0 Å². The van der Waals surface area contributed by atoms with E-state index in [1.165, 1.54) is 0 Å². The Bertz CT molecular complexity index is 654. The predicted octanol–water partition coefficient (Wildman–Crippen LogP) is 0.363. The number of nitro groups is 1. The Hall–Kier alpha value is -1.59. The molecule has 0 saturated heterocycles. The number of halogens is 1. The third-order valence-electron chi connectivity index (χ3n) is 2.48. The van der Waals surface area contributed by atoms with Crippen LogP contribution in [0.1, 0.15) is 6.92 Å². The summed E-state index contributed by atoms with van der Waals surface area (Å²) in [5.74, 6) is -0.870. The zero-order valence-electron chi connectivity index (χ0n) is 11.0. The van der Waals surface area contributed by atoms with Gasteiger partial charge in [-0.2, -0.15) is 0 Å². The summed E-state index contributed by atoms with van der Waals surface area (Å²) in [5, 5.41) is 10.5. The van der Waals surface area contributed by atoms with Gasteiger partial charge in [-0.05, 0) is 0 Å². The van der Waals surface area contributed by atoms with Crippen molar-refractivity contribution in [2.45, 2.75) is 11.8 Å². The summed E-state index contributed by atoms with van der Waals surface area (Å²) in [6.45, 7) is 1.53. The molecule has 8 nitrogen and oxygen atoms in total. The first-order valence-electron chi connectivity index (χ1n) is 5.77. The average Bonchev–Trinajstić information content (AvgIpc) is 2.36. The van der Waals surface area contributed by atoms with Crippen LogP contribution in [0.25, 0.3) is 0 Å². The number of hydrogen-bond donors (Lipinski definition) is 2. The molecule has 0 spiro atoms. The van der Waals surface area contributed by atoms with E-state index in [0.29, 0.717) is 11.8 Å². The van der Waals surface area contributed by atoms with Crippen LogP contribution in [-0.2, 0) is 20.8 Å². The van der Waals surface area contributed by atoms with Gasteiger partial charge >= 0.3 is 0 Å². The second-order valence-electron chi connectivity index (χ2n) is 3.93. The number of nitrogens with zero attached hydrogens (tertiary/aromatic N) is 1. The lowest BCUT2D eigenvalue weighted by Crippen LogP contribution is -2.29. The minimum Gasteiger partial charge on any atom is -0.397 e. The maximum absolute atomic E-state index is 13.8. The third kappa shape index (κ3) is 4.44. The highest BCUT2D eigenvalue weighted by atomic mass is 32.2. The van der Waals surface area contributed by atoms with Gasteiger partial charge < -0.3 is 5.73 Å². The van der Waals surface area contributed by atoms with Crippen LogP contribution in [-0.4, -0.2) is 35.6 Å². The van der Waals surface area contributed by atoms with Gasteiger partial charge in [-0.3, -0.25) is 14.3 Å². The molecule has 1 rings (SSSR count). The van der Waals surface area contributed by atoms with E-state index in [4.69, 9.17) is 5.73 Å². The third-order valence-corrected chi connectivity index (χ3v) is 5.34. The Kier molecular flexibility index (Phi) is 5.75. The second-order valence-corrected chi connectivity index (χ2v) is 7.50. The molecule has 0 bridgehead atoms. The molecule has 0 saturated carbocycles. The SMILES string of the molecule is CCS(=O)CCNS(=O)(=O)c1c(N)cc([N+](=O)[O-])cc1F. The molecule has 0 aliphatic carbocycles. The number of rotatable bonds is 7. The lowest BCUT2D eigenvalue weighted by atomic mass is 10.3. The number of nitro benzene ring substituents is 1. The van der Waals surface area contributed by atoms with Gasteiger partial charge in [-0.1, -0.05) is 6.92 Å². The van der Waals surface area contributed by atoms with Crippen LogP contribution in [0.2, 0.25) is 0 Å². The fourth-order valence-electron chi connectivity index (χ4n) is 1.50. The predicted molar refractivity (Wildman–Crippen MR) is 76.2 cm³/mol. The Morgan fingerprint density at radius 2 is 2.10 bits per heavy atom. The lowest BCUT2D eigenvalue weighted by molar-refractivity contribution is -0.385. The molecule has 0 amide bonds. The van der Waals surface area contributed by atoms with E-state index in [1.807, 2.05) is 0 Å². The van der Waals surface area contributed by atoms with Crippen molar-refractivity contribution in [1.82, 2.24) is 4.72 Å². The molecule has 0 fully saturated rings. The van der Waals surface area contributed by atoms with E-state index in [-0.39, 0.29) is 12.3 Å². The molecule has 1 aromatic rings. The molecule has 3 N–H and O–H groups in total. The van der Waals surface area contributed by atoms with E-state index in [2.05, 4.69) is 4.72 Å². The molecule has 0 radical (unpaired) electrons. The second kappa shape index (κ2) is 6.91. The standard InChI is InChI=1S/C10H14FN3O5S2/c1-2-20(17)4-3-13-21(18,19)10-8(11)5-7(14(15)16)6-9(10)12/h5-6,13H,2-4,12H2,1H3. The number of nitrogens with one attached hydrogen (secondary N) is 1. The molecule has 21 heavy (non-hydrogen) atoms. The molecule has 1 unspecified atom stereocenters. The molecular formula is C10H14FN3O5S2. The Morgan fingerprint density at radius 3 is 2.57 bits per heavy atom. The van der Waals surface area contributed by atoms with Crippen LogP contribution in [0.5, 0.6) is 0 Å². The van der Waals surface area contributed by atoms with Gasteiger partial charge in [0.1, 0.15) is 4.90 Å². The number of nitrogens with two attached hydrogens (primary N) is 1. The molecular weight excluding hydrogens is 325 g/mol. The van der Waals surface area contributed by atoms with Crippen LogP contribution in [0, 0.1) is 15.9 Å². The highest BCUT2D eigenvalue weighted by Gasteiger charge is 2.25. The monoisotopic (exact) mass is 339 g/mol. The largest absolute Gasteiger partial charge is 0.397 e. The van der Waals surface area contributed by atoms with Crippen LogP contribution in [0.3, 0.4) is 0 Å². The number of benzene rings is 1. The number of non-ortho nitro benzene ring substituents is 1. The highest BCUT2D eigenvalue weighted by molar-refractivity contribution is 7.89. The van der Waals surface area contributed by atoms with Gasteiger partial charge in [0.25, 0.3) is 5.69 Å². The summed E-state index contributed by atoms with van der Waals surface area (Å²) in [6, 6.07) is 1.25. The van der Waals surface area contributed by atoms with Crippen molar-refractivity contribution in [2.24, 2.45) is 0 Å². The van der Waals surface area contributed by atoms with Gasteiger partial charge in [-0.15, -0.1) is 0 Å². The van der Waals surface area contributed by atoms with Gasteiger partial charge in [0.05, 0.1) is 16.7 Å². The molecule has 118 valence electrons. The molecule has 0 aliphatic rings. The number of sulfonamides is 1. The first kappa shape index (κ1) is 17.5. The Balaban J connectivity index is 3.04. The Labute approximate surface area is 123 Å². The van der Waals surface area contributed by atoms with E-state index >= 15 is 0 Å². The van der Waals surface area contributed by atoms with E-state index < -0.39 is 47.8 Å². The van der Waals surface area contributed by atoms with Crippen molar-refractivity contribution in [3.05, 3.63) is 28.1 Å². The minimum atomic E-state index is -4.28. The van der Waals surface area contributed by atoms with Crippen molar-refractivity contribution in [3.63, 3.8) is 0 Å². The zero-order chi connectivity index (χ0) is 16.2.